The lowest BCUT2D eigenvalue weighted by Crippen LogP contribution is -2.32. The number of rotatable bonds is 6. The van der Waals surface area contributed by atoms with Gasteiger partial charge in [0.25, 0.3) is 0 Å². The highest BCUT2D eigenvalue weighted by Crippen LogP contribution is 2.28. The lowest BCUT2D eigenvalue weighted by Gasteiger charge is -2.21. The van der Waals surface area contributed by atoms with E-state index >= 15 is 0 Å². The number of nitrogens with one attached hydrogen (secondary N) is 1. The number of amides is 1. The average Bonchev–Trinajstić information content (AvgIpc) is 3.01. The van der Waals surface area contributed by atoms with E-state index in [0.29, 0.717) is 36.0 Å². The zero-order valence-electron chi connectivity index (χ0n) is 15.1. The molecule has 1 N–H and O–H groups in total. The maximum absolute atomic E-state index is 14.6. The molecule has 0 bridgehead atoms. The summed E-state index contributed by atoms with van der Waals surface area (Å²) in [7, 11) is 1.77. The van der Waals surface area contributed by atoms with Crippen LogP contribution in [-0.4, -0.2) is 47.3 Å². The first-order chi connectivity index (χ1) is 12.9. The van der Waals surface area contributed by atoms with E-state index in [-0.39, 0.29) is 6.10 Å². The van der Waals surface area contributed by atoms with Crippen LogP contribution in [0, 0.1) is 5.82 Å². The molecule has 2 aromatic rings. The van der Waals surface area contributed by atoms with E-state index in [4.69, 9.17) is 17.0 Å². The smallest absolute Gasteiger partial charge is 0.414 e. The summed E-state index contributed by atoms with van der Waals surface area (Å²) in [6.07, 6.45) is 3.99. The Morgan fingerprint density at radius 3 is 2.96 bits per heavy atom. The molecule has 3 rings (SSSR count). The first-order valence-electron chi connectivity index (χ1n) is 8.42. The summed E-state index contributed by atoms with van der Waals surface area (Å²) in [4.78, 5) is 24.1. The normalized spacial score (nSPS) is 16.2. The molecule has 0 radical (unpaired) electrons. The molecule has 1 saturated heterocycles. The minimum atomic E-state index is -0.496. The molecule has 0 saturated carbocycles. The highest BCUT2D eigenvalue weighted by molar-refractivity contribution is 7.80. The van der Waals surface area contributed by atoms with E-state index in [1.54, 1.807) is 49.6 Å². The molecule has 7 nitrogen and oxygen atoms in total. The molecule has 0 aliphatic carbocycles. The van der Waals surface area contributed by atoms with Gasteiger partial charge in [-0.05, 0) is 25.1 Å². The first-order valence-corrected chi connectivity index (χ1v) is 8.83. The molecular weight excluding hydrogens is 369 g/mol. The van der Waals surface area contributed by atoms with Crippen LogP contribution < -0.4 is 15.1 Å². The number of hydrogen-bond acceptors (Lipinski definition) is 6. The van der Waals surface area contributed by atoms with Crippen LogP contribution in [0.4, 0.5) is 20.6 Å². The summed E-state index contributed by atoms with van der Waals surface area (Å²) in [5, 5.41) is 2.97. The molecule has 1 fully saturated rings. The van der Waals surface area contributed by atoms with Crippen LogP contribution in [0.25, 0.3) is 0 Å². The van der Waals surface area contributed by atoms with Gasteiger partial charge in [0, 0.05) is 19.4 Å². The van der Waals surface area contributed by atoms with Crippen molar-refractivity contribution < 1.29 is 13.9 Å². The third-order valence-electron chi connectivity index (χ3n) is 4.12. The summed E-state index contributed by atoms with van der Waals surface area (Å²) >= 11 is 4.96. The monoisotopic (exact) mass is 389 g/mol. The van der Waals surface area contributed by atoms with Crippen LogP contribution in [0.3, 0.4) is 0 Å². The van der Waals surface area contributed by atoms with Crippen molar-refractivity contribution in [1.82, 2.24) is 15.3 Å². The summed E-state index contributed by atoms with van der Waals surface area (Å²) in [6.45, 7) is 2.94. The Morgan fingerprint density at radius 1 is 1.48 bits per heavy atom. The van der Waals surface area contributed by atoms with Crippen LogP contribution in [0.15, 0.2) is 36.8 Å². The summed E-state index contributed by atoms with van der Waals surface area (Å²) in [5.41, 5.74) is 1.60. The van der Waals surface area contributed by atoms with E-state index in [9.17, 15) is 9.18 Å². The Bertz CT molecular complexity index is 836. The topological polar surface area (TPSA) is 70.6 Å². The van der Waals surface area contributed by atoms with Crippen molar-refractivity contribution in [2.24, 2.45) is 0 Å². The van der Waals surface area contributed by atoms with Crippen molar-refractivity contribution in [1.29, 1.82) is 0 Å². The maximum atomic E-state index is 14.6. The van der Waals surface area contributed by atoms with Gasteiger partial charge >= 0.3 is 6.09 Å². The predicted octanol–water partition coefficient (Wildman–Crippen LogP) is 2.51. The van der Waals surface area contributed by atoms with Gasteiger partial charge in [-0.15, -0.1) is 0 Å². The zero-order chi connectivity index (χ0) is 19.4. The lowest BCUT2D eigenvalue weighted by molar-refractivity contribution is 0.143. The molecule has 27 heavy (non-hydrogen) atoms. The number of cyclic esters (lactones) is 1. The molecule has 1 aliphatic heterocycles. The first kappa shape index (κ1) is 19.0. The summed E-state index contributed by atoms with van der Waals surface area (Å²) in [6, 6.07) is 4.68. The van der Waals surface area contributed by atoms with Crippen molar-refractivity contribution in [3.05, 3.63) is 48.3 Å². The molecule has 1 aliphatic rings. The molecular formula is C18H20FN5O2S. The van der Waals surface area contributed by atoms with Crippen molar-refractivity contribution in [2.45, 2.75) is 19.6 Å². The Kier molecular flexibility index (Phi) is 5.80. The number of ether oxygens (including phenoxy) is 1. The zero-order valence-corrected chi connectivity index (χ0v) is 15.9. The SMILES string of the molecule is CC(=S)NCC1CN(c2ccc(N(C)Cc3cnccn3)c(F)c2)C(=O)O1. The second-order valence-corrected chi connectivity index (χ2v) is 6.85. The molecule has 0 spiro atoms. The second kappa shape index (κ2) is 8.26. The van der Waals surface area contributed by atoms with Gasteiger partial charge in [-0.25, -0.2) is 9.18 Å². The standard InChI is InChI=1S/C18H20FN5O2S/c1-12(27)22-9-15-11-24(18(25)26-15)14-3-4-17(16(19)7-14)23(2)10-13-8-20-5-6-21-13/h3-8,15H,9-11H2,1-2H3,(H,22,27). The van der Waals surface area contributed by atoms with Crippen LogP contribution in [0.1, 0.15) is 12.6 Å². The van der Waals surface area contributed by atoms with Crippen molar-refractivity contribution >= 4 is 34.7 Å². The fourth-order valence-corrected chi connectivity index (χ4v) is 2.89. The third kappa shape index (κ3) is 4.68. The van der Waals surface area contributed by atoms with Crippen molar-refractivity contribution in [3.63, 3.8) is 0 Å². The quantitative estimate of drug-likeness (QED) is 0.761. The molecule has 1 atom stereocenters. The van der Waals surface area contributed by atoms with E-state index in [2.05, 4.69) is 15.3 Å². The van der Waals surface area contributed by atoms with Gasteiger partial charge in [0.2, 0.25) is 0 Å². The molecule has 1 amide bonds. The van der Waals surface area contributed by atoms with Gasteiger partial charge in [-0.3, -0.25) is 14.9 Å². The van der Waals surface area contributed by atoms with Crippen LogP contribution in [-0.2, 0) is 11.3 Å². The summed E-state index contributed by atoms with van der Waals surface area (Å²) in [5.74, 6) is -0.428. The number of nitrogens with zero attached hydrogens (tertiary/aromatic N) is 4. The molecule has 1 aromatic carbocycles. The minimum absolute atomic E-state index is 0.336. The van der Waals surface area contributed by atoms with Crippen molar-refractivity contribution in [3.8, 4) is 0 Å². The third-order valence-corrected chi connectivity index (χ3v) is 4.27. The number of hydrogen-bond donors (Lipinski definition) is 1. The van der Waals surface area contributed by atoms with Crippen LogP contribution in [0.2, 0.25) is 0 Å². The fourth-order valence-electron chi connectivity index (χ4n) is 2.81. The second-order valence-electron chi connectivity index (χ2n) is 6.24. The van der Waals surface area contributed by atoms with Gasteiger partial charge in [-0.1, -0.05) is 12.2 Å². The number of carbonyl (C=O) groups excluding carboxylic acids is 1. The highest BCUT2D eigenvalue weighted by Gasteiger charge is 2.32. The van der Waals surface area contributed by atoms with E-state index in [1.165, 1.54) is 11.0 Å². The largest absolute Gasteiger partial charge is 0.442 e. The van der Waals surface area contributed by atoms with E-state index < -0.39 is 11.9 Å². The van der Waals surface area contributed by atoms with Gasteiger partial charge in [0.1, 0.15) is 11.9 Å². The molecule has 1 unspecified atom stereocenters. The van der Waals surface area contributed by atoms with Crippen LogP contribution in [0.5, 0.6) is 0 Å². The Hall–Kier alpha value is -2.81. The number of aromatic nitrogens is 2. The van der Waals surface area contributed by atoms with Gasteiger partial charge < -0.3 is 15.0 Å². The minimum Gasteiger partial charge on any atom is -0.442 e. The Balaban J connectivity index is 1.69. The van der Waals surface area contributed by atoms with E-state index in [0.717, 1.165) is 5.69 Å². The Morgan fingerprint density at radius 2 is 2.30 bits per heavy atom. The summed E-state index contributed by atoms with van der Waals surface area (Å²) < 4.78 is 19.9. The number of halogens is 1. The van der Waals surface area contributed by atoms with Crippen LogP contribution >= 0.6 is 12.2 Å². The highest BCUT2D eigenvalue weighted by atomic mass is 32.1. The lowest BCUT2D eigenvalue weighted by atomic mass is 10.2. The Labute approximate surface area is 162 Å². The molecule has 9 heteroatoms. The molecule has 1 aromatic heterocycles. The maximum Gasteiger partial charge on any atom is 0.414 e. The number of thiocarbonyl (C=S) groups is 1. The van der Waals surface area contributed by atoms with Crippen molar-refractivity contribution in [2.75, 3.05) is 29.9 Å². The predicted molar refractivity (Wildman–Crippen MR) is 104 cm³/mol. The molecule has 2 heterocycles. The van der Waals surface area contributed by atoms with Gasteiger partial charge in [-0.2, -0.15) is 0 Å². The fraction of sp³-hybridized carbons (Fsp3) is 0.333. The number of carbonyl (C=O) groups is 1. The average molecular weight is 389 g/mol. The number of anilines is 2. The van der Waals surface area contributed by atoms with Gasteiger partial charge in [0.15, 0.2) is 0 Å². The van der Waals surface area contributed by atoms with E-state index in [1.807, 2.05) is 0 Å². The molecule has 142 valence electrons. The van der Waals surface area contributed by atoms with Gasteiger partial charge in [0.05, 0.1) is 47.9 Å². The number of benzene rings is 1.